The maximum Gasteiger partial charge on any atom is 0.339 e. The van der Waals surface area contributed by atoms with E-state index in [1.54, 1.807) is 25.1 Å². The van der Waals surface area contributed by atoms with Crippen LogP contribution in [0.2, 0.25) is 5.02 Å². The molecule has 0 bridgehead atoms. The van der Waals surface area contributed by atoms with Crippen LogP contribution in [0.15, 0.2) is 36.4 Å². The molecule has 1 aliphatic heterocycles. The van der Waals surface area contributed by atoms with Crippen molar-refractivity contribution in [3.63, 3.8) is 0 Å². The minimum absolute atomic E-state index is 0.00572. The molecule has 2 aromatic rings. The van der Waals surface area contributed by atoms with Crippen LogP contribution in [0.1, 0.15) is 54.7 Å². The van der Waals surface area contributed by atoms with Gasteiger partial charge < -0.3 is 20.1 Å². The van der Waals surface area contributed by atoms with Crippen LogP contribution in [0, 0.1) is 6.92 Å². The molecule has 2 aromatic carbocycles. The number of carbonyl (C=O) groups excluding carboxylic acids is 1. The molecule has 7 heteroatoms. The van der Waals surface area contributed by atoms with Gasteiger partial charge in [0.05, 0.1) is 23.2 Å². The molecular formula is C22H25ClN2O3S. The van der Waals surface area contributed by atoms with Crippen molar-refractivity contribution in [1.82, 2.24) is 5.32 Å². The largest absolute Gasteiger partial charge is 0.487 e. The van der Waals surface area contributed by atoms with Crippen LogP contribution >= 0.6 is 23.8 Å². The average Bonchev–Trinajstić information content (AvgIpc) is 2.62. The van der Waals surface area contributed by atoms with E-state index in [9.17, 15) is 4.79 Å². The van der Waals surface area contributed by atoms with Crippen LogP contribution in [0.4, 0.5) is 5.69 Å². The Bertz CT molecular complexity index is 946. The van der Waals surface area contributed by atoms with Crippen molar-refractivity contribution >= 4 is 40.6 Å². The summed E-state index contributed by atoms with van der Waals surface area (Å²) in [6, 6.07) is 11.2. The number of rotatable bonds is 4. The molecule has 2 N–H and O–H groups in total. The maximum atomic E-state index is 12.1. The SMILES string of the molecule is CCOC(=O)c1cc(NC(=S)NC2CC(C)(C)Oc3cc(C)ccc32)ccc1Cl. The quantitative estimate of drug-likeness (QED) is 0.497. The summed E-state index contributed by atoms with van der Waals surface area (Å²) in [7, 11) is 0. The summed E-state index contributed by atoms with van der Waals surface area (Å²) in [5.41, 5.74) is 2.86. The van der Waals surface area contributed by atoms with Gasteiger partial charge in [0.2, 0.25) is 0 Å². The van der Waals surface area contributed by atoms with Crippen molar-refractivity contribution in [3.05, 3.63) is 58.1 Å². The van der Waals surface area contributed by atoms with Gasteiger partial charge in [0.25, 0.3) is 0 Å². The monoisotopic (exact) mass is 432 g/mol. The van der Waals surface area contributed by atoms with Crippen LogP contribution in [0.25, 0.3) is 0 Å². The summed E-state index contributed by atoms with van der Waals surface area (Å²) < 4.78 is 11.2. The summed E-state index contributed by atoms with van der Waals surface area (Å²) in [4.78, 5) is 12.1. The Kier molecular flexibility index (Phi) is 6.34. The average molecular weight is 433 g/mol. The molecule has 5 nitrogen and oxygen atoms in total. The second kappa shape index (κ2) is 8.59. The number of halogens is 1. The van der Waals surface area contributed by atoms with Crippen LogP contribution in [-0.2, 0) is 4.74 Å². The number of anilines is 1. The third kappa shape index (κ3) is 5.19. The summed E-state index contributed by atoms with van der Waals surface area (Å²) in [6.07, 6.45) is 0.763. The number of benzene rings is 2. The number of thiocarbonyl (C=S) groups is 1. The van der Waals surface area contributed by atoms with E-state index in [2.05, 4.69) is 36.6 Å². The van der Waals surface area contributed by atoms with E-state index >= 15 is 0 Å². The van der Waals surface area contributed by atoms with Gasteiger partial charge in [-0.3, -0.25) is 0 Å². The third-order valence-corrected chi connectivity index (χ3v) is 5.20. The molecule has 154 valence electrons. The van der Waals surface area contributed by atoms with Gasteiger partial charge >= 0.3 is 5.97 Å². The van der Waals surface area contributed by atoms with Crippen molar-refractivity contribution in [2.45, 2.75) is 45.8 Å². The molecule has 0 fully saturated rings. The van der Waals surface area contributed by atoms with Gasteiger partial charge in [-0.05, 0) is 69.7 Å². The van der Waals surface area contributed by atoms with Crippen LogP contribution in [0.3, 0.4) is 0 Å². The second-order valence-electron chi connectivity index (χ2n) is 7.67. The first-order chi connectivity index (χ1) is 13.7. The van der Waals surface area contributed by atoms with E-state index in [1.807, 2.05) is 13.0 Å². The zero-order valence-corrected chi connectivity index (χ0v) is 18.5. The topological polar surface area (TPSA) is 59.6 Å². The Hall–Kier alpha value is -2.31. The number of fused-ring (bicyclic) bond motifs is 1. The van der Waals surface area contributed by atoms with Gasteiger partial charge in [-0.1, -0.05) is 23.7 Å². The van der Waals surface area contributed by atoms with E-state index < -0.39 is 5.97 Å². The van der Waals surface area contributed by atoms with Crippen LogP contribution in [-0.4, -0.2) is 23.3 Å². The first-order valence-electron chi connectivity index (χ1n) is 9.52. The molecule has 1 aliphatic rings. The molecule has 29 heavy (non-hydrogen) atoms. The first kappa shape index (κ1) is 21.4. The van der Waals surface area contributed by atoms with Gasteiger partial charge in [0.15, 0.2) is 5.11 Å². The zero-order valence-electron chi connectivity index (χ0n) is 17.0. The lowest BCUT2D eigenvalue weighted by molar-refractivity contribution is 0.0526. The van der Waals surface area contributed by atoms with Gasteiger partial charge in [-0.25, -0.2) is 4.79 Å². The fourth-order valence-electron chi connectivity index (χ4n) is 3.38. The smallest absolute Gasteiger partial charge is 0.339 e. The van der Waals surface area contributed by atoms with Crippen molar-refractivity contribution in [1.29, 1.82) is 0 Å². The number of hydrogen-bond donors (Lipinski definition) is 2. The fraction of sp³-hybridized carbons (Fsp3) is 0.364. The first-order valence-corrected chi connectivity index (χ1v) is 10.3. The van der Waals surface area contributed by atoms with E-state index in [0.29, 0.717) is 21.4 Å². The van der Waals surface area contributed by atoms with Crippen LogP contribution < -0.4 is 15.4 Å². The second-order valence-corrected chi connectivity index (χ2v) is 8.49. The number of nitrogens with one attached hydrogen (secondary N) is 2. The number of carbonyl (C=O) groups is 1. The highest BCUT2D eigenvalue weighted by molar-refractivity contribution is 7.80. The van der Waals surface area contributed by atoms with E-state index in [4.69, 9.17) is 33.3 Å². The summed E-state index contributed by atoms with van der Waals surface area (Å²) in [5.74, 6) is 0.410. The Morgan fingerprint density at radius 1 is 1.31 bits per heavy atom. The van der Waals surface area contributed by atoms with Crippen molar-refractivity contribution in [3.8, 4) is 5.75 Å². The van der Waals surface area contributed by atoms with E-state index in [0.717, 1.165) is 23.3 Å². The standard InChI is InChI=1S/C22H25ClN2O3S/c1-5-27-20(26)16-11-14(7-9-17(16)23)24-21(29)25-18-12-22(3,4)28-19-10-13(2)6-8-15(18)19/h6-11,18H,5,12H2,1-4H3,(H2,24,25,29). The Balaban J connectivity index is 1.76. The predicted molar refractivity (Wildman–Crippen MR) is 120 cm³/mol. The summed E-state index contributed by atoms with van der Waals surface area (Å²) in [5, 5.41) is 7.31. The highest BCUT2D eigenvalue weighted by atomic mass is 35.5. The molecule has 1 unspecified atom stereocenters. The zero-order chi connectivity index (χ0) is 21.2. The summed E-state index contributed by atoms with van der Waals surface area (Å²) >= 11 is 11.7. The van der Waals surface area contributed by atoms with Gasteiger partial charge in [-0.2, -0.15) is 0 Å². The number of esters is 1. The Morgan fingerprint density at radius 2 is 2.07 bits per heavy atom. The highest BCUT2D eigenvalue weighted by Gasteiger charge is 2.34. The predicted octanol–water partition coefficient (Wildman–Crippen LogP) is 5.41. The lowest BCUT2D eigenvalue weighted by Crippen LogP contribution is -2.42. The van der Waals surface area contributed by atoms with Crippen molar-refractivity contribution in [2.24, 2.45) is 0 Å². The molecule has 0 saturated carbocycles. The molecule has 0 spiro atoms. The van der Waals surface area contributed by atoms with Crippen molar-refractivity contribution < 1.29 is 14.3 Å². The molecule has 3 rings (SSSR count). The number of hydrogen-bond acceptors (Lipinski definition) is 4. The minimum Gasteiger partial charge on any atom is -0.487 e. The van der Waals surface area contributed by atoms with Gasteiger partial charge in [-0.15, -0.1) is 0 Å². The van der Waals surface area contributed by atoms with E-state index in [-0.39, 0.29) is 18.2 Å². The third-order valence-electron chi connectivity index (χ3n) is 4.65. The fourth-order valence-corrected chi connectivity index (χ4v) is 3.84. The van der Waals surface area contributed by atoms with Crippen LogP contribution in [0.5, 0.6) is 5.75 Å². The molecule has 0 radical (unpaired) electrons. The Labute approximate surface area is 181 Å². The molecule has 1 heterocycles. The minimum atomic E-state index is -0.462. The highest BCUT2D eigenvalue weighted by Crippen LogP contribution is 2.40. The summed E-state index contributed by atoms with van der Waals surface area (Å²) in [6.45, 7) is 8.21. The molecular weight excluding hydrogens is 408 g/mol. The lowest BCUT2D eigenvalue weighted by Gasteiger charge is -2.38. The molecule has 0 aromatic heterocycles. The molecule has 1 atom stereocenters. The maximum absolute atomic E-state index is 12.1. The van der Waals surface area contributed by atoms with Crippen molar-refractivity contribution in [2.75, 3.05) is 11.9 Å². The van der Waals surface area contributed by atoms with Gasteiger partial charge in [0, 0.05) is 17.7 Å². The van der Waals surface area contributed by atoms with E-state index in [1.165, 1.54) is 0 Å². The lowest BCUT2D eigenvalue weighted by atomic mass is 9.89. The number of aryl methyl sites for hydroxylation is 1. The molecule has 0 saturated heterocycles. The Morgan fingerprint density at radius 3 is 2.79 bits per heavy atom. The molecule has 0 amide bonds. The normalized spacial score (nSPS) is 16.9. The number of ether oxygens (including phenoxy) is 2. The van der Waals surface area contributed by atoms with Gasteiger partial charge in [0.1, 0.15) is 11.4 Å². The molecule has 0 aliphatic carbocycles.